The fourth-order valence-electron chi connectivity index (χ4n) is 3.18. The average Bonchev–Trinajstić information content (AvgIpc) is 3.28. The molecule has 5 nitrogen and oxygen atoms in total. The van der Waals surface area contributed by atoms with Gasteiger partial charge in [0.05, 0.1) is 22.0 Å². The number of nitrogens with two attached hydrogens (primary N) is 1. The number of rotatable bonds is 7. The van der Waals surface area contributed by atoms with Crippen molar-refractivity contribution in [1.82, 2.24) is 14.8 Å². The van der Waals surface area contributed by atoms with Crippen molar-refractivity contribution in [2.45, 2.75) is 26.3 Å². The predicted octanol–water partition coefficient (Wildman–Crippen LogP) is 3.46. The summed E-state index contributed by atoms with van der Waals surface area (Å²) in [7, 11) is 0. The molecule has 6 heteroatoms. The van der Waals surface area contributed by atoms with Crippen molar-refractivity contribution in [2.75, 3.05) is 0 Å². The normalized spacial score (nSPS) is 11.6. The molecular weight excluding hydrogens is 368 g/mol. The highest BCUT2D eigenvalue weighted by Gasteiger charge is 2.15. The number of fused-ring (bicyclic) bond motifs is 1. The van der Waals surface area contributed by atoms with E-state index in [4.69, 9.17) is 0 Å². The van der Waals surface area contributed by atoms with Crippen molar-refractivity contribution in [3.63, 3.8) is 0 Å². The van der Waals surface area contributed by atoms with Crippen LogP contribution in [0.1, 0.15) is 30.2 Å². The number of aromatic amines is 1. The maximum absolute atomic E-state index is 13.0. The number of aromatic nitrogens is 3. The first-order valence-corrected chi connectivity index (χ1v) is 10.3. The van der Waals surface area contributed by atoms with Crippen LogP contribution in [-0.4, -0.2) is 14.8 Å². The van der Waals surface area contributed by atoms with Gasteiger partial charge in [0.25, 0.3) is 5.56 Å². The molecule has 0 aliphatic heterocycles. The van der Waals surface area contributed by atoms with Gasteiger partial charge in [-0.3, -0.25) is 9.89 Å². The Bertz CT molecular complexity index is 1120. The van der Waals surface area contributed by atoms with Gasteiger partial charge >= 0.3 is 0 Å². The molecule has 0 aliphatic carbocycles. The predicted molar refractivity (Wildman–Crippen MR) is 115 cm³/mol. The molecule has 0 radical (unpaired) electrons. The second-order valence-electron chi connectivity index (χ2n) is 6.64. The first-order chi connectivity index (χ1) is 13.8. The summed E-state index contributed by atoms with van der Waals surface area (Å²) in [6.07, 6.45) is 5.68. The Balaban J connectivity index is 1.61. The zero-order valence-corrected chi connectivity index (χ0v) is 16.6. The molecule has 2 aromatic heterocycles. The van der Waals surface area contributed by atoms with E-state index in [1.54, 1.807) is 4.68 Å². The van der Waals surface area contributed by atoms with Gasteiger partial charge < -0.3 is 5.32 Å². The topological polar surface area (TPSA) is 67.3 Å². The standard InChI is InChI=1S/C22H22N4OS/c1-2-8-18-17(13-14-23-15-16-9-4-3-5-10-16)21(27)26(25-18)22-24-19-11-6-7-12-20(19)28-22/h3-7,9-14,23,25H,2,8,15H2,1H3/p+1/b14-13+. The summed E-state index contributed by atoms with van der Waals surface area (Å²) in [6.45, 7) is 2.96. The van der Waals surface area contributed by atoms with Gasteiger partial charge in [-0.1, -0.05) is 67.1 Å². The Labute approximate surface area is 167 Å². The molecule has 0 atom stereocenters. The maximum atomic E-state index is 13.0. The van der Waals surface area contributed by atoms with Crippen LogP contribution in [-0.2, 0) is 13.0 Å². The van der Waals surface area contributed by atoms with Crippen LogP contribution in [0.2, 0.25) is 0 Å². The highest BCUT2D eigenvalue weighted by Crippen LogP contribution is 2.23. The van der Waals surface area contributed by atoms with E-state index in [-0.39, 0.29) is 5.56 Å². The minimum absolute atomic E-state index is 0.0492. The molecule has 0 bridgehead atoms. The van der Waals surface area contributed by atoms with Crippen molar-refractivity contribution in [2.24, 2.45) is 0 Å². The van der Waals surface area contributed by atoms with E-state index in [1.807, 2.05) is 54.7 Å². The minimum atomic E-state index is -0.0492. The van der Waals surface area contributed by atoms with Crippen LogP contribution in [0.5, 0.6) is 0 Å². The lowest BCUT2D eigenvalue weighted by Crippen LogP contribution is -2.76. The van der Waals surface area contributed by atoms with Gasteiger partial charge in [-0.2, -0.15) is 4.68 Å². The van der Waals surface area contributed by atoms with Gasteiger partial charge in [-0.25, -0.2) is 4.98 Å². The number of quaternary nitrogens is 1. The van der Waals surface area contributed by atoms with E-state index in [9.17, 15) is 4.79 Å². The summed E-state index contributed by atoms with van der Waals surface area (Å²) in [5.41, 5.74) is 3.78. The van der Waals surface area contributed by atoms with Crippen LogP contribution in [0.3, 0.4) is 0 Å². The lowest BCUT2D eigenvalue weighted by Gasteiger charge is -1.97. The molecular formula is C22H23N4OS+. The Kier molecular flexibility index (Phi) is 5.50. The Hall–Kier alpha value is -2.96. The Morgan fingerprint density at radius 2 is 1.93 bits per heavy atom. The molecule has 0 aliphatic rings. The highest BCUT2D eigenvalue weighted by molar-refractivity contribution is 7.20. The minimum Gasteiger partial charge on any atom is -0.316 e. The van der Waals surface area contributed by atoms with Crippen molar-refractivity contribution in [3.8, 4) is 5.13 Å². The van der Waals surface area contributed by atoms with Gasteiger partial charge in [0.15, 0.2) is 0 Å². The van der Waals surface area contributed by atoms with Gasteiger partial charge in [0.2, 0.25) is 5.13 Å². The molecule has 4 rings (SSSR count). The third kappa shape index (κ3) is 3.83. The number of thiazole rings is 1. The lowest BCUT2D eigenvalue weighted by atomic mass is 10.1. The van der Waals surface area contributed by atoms with Crippen LogP contribution >= 0.6 is 11.3 Å². The number of benzene rings is 2. The van der Waals surface area contributed by atoms with Crippen LogP contribution in [0.25, 0.3) is 21.4 Å². The van der Waals surface area contributed by atoms with Crippen molar-refractivity contribution in [1.29, 1.82) is 0 Å². The van der Waals surface area contributed by atoms with Crippen LogP contribution in [0.15, 0.2) is 65.6 Å². The molecule has 4 aromatic rings. The molecule has 0 unspecified atom stereocenters. The summed E-state index contributed by atoms with van der Waals surface area (Å²) < 4.78 is 2.65. The van der Waals surface area contributed by atoms with E-state index in [2.05, 4.69) is 34.5 Å². The number of H-pyrrole nitrogens is 1. The van der Waals surface area contributed by atoms with E-state index in [0.29, 0.717) is 10.7 Å². The second kappa shape index (κ2) is 8.37. The zero-order chi connectivity index (χ0) is 19.3. The summed E-state index contributed by atoms with van der Waals surface area (Å²) in [6, 6.07) is 18.2. The summed E-state index contributed by atoms with van der Waals surface area (Å²) in [4.78, 5) is 17.7. The molecule has 0 saturated heterocycles. The molecule has 3 N–H and O–H groups in total. The smallest absolute Gasteiger partial charge is 0.281 e. The molecule has 0 amide bonds. The van der Waals surface area contributed by atoms with E-state index < -0.39 is 0 Å². The van der Waals surface area contributed by atoms with Gasteiger partial charge in [0, 0.05) is 17.3 Å². The zero-order valence-electron chi connectivity index (χ0n) is 15.8. The monoisotopic (exact) mass is 391 g/mol. The van der Waals surface area contributed by atoms with Crippen molar-refractivity contribution < 1.29 is 5.32 Å². The van der Waals surface area contributed by atoms with Crippen LogP contribution < -0.4 is 10.9 Å². The van der Waals surface area contributed by atoms with Crippen molar-refractivity contribution in [3.05, 3.63) is 88.0 Å². The van der Waals surface area contributed by atoms with Crippen LogP contribution in [0.4, 0.5) is 0 Å². The molecule has 0 fully saturated rings. The molecule has 142 valence electrons. The van der Waals surface area contributed by atoms with E-state index >= 15 is 0 Å². The largest absolute Gasteiger partial charge is 0.316 e. The third-order valence-electron chi connectivity index (χ3n) is 4.57. The average molecular weight is 392 g/mol. The number of nitrogens with zero attached hydrogens (tertiary/aromatic N) is 2. The van der Waals surface area contributed by atoms with Crippen molar-refractivity contribution >= 4 is 27.6 Å². The molecule has 0 saturated carbocycles. The summed E-state index contributed by atoms with van der Waals surface area (Å²) >= 11 is 1.52. The van der Waals surface area contributed by atoms with E-state index in [1.165, 1.54) is 16.9 Å². The quantitative estimate of drug-likeness (QED) is 0.507. The SMILES string of the molecule is CCCc1[nH]n(-c2nc3ccccc3s2)c(=O)c1/C=C/[NH2+]Cc1ccccc1. The number of aryl methyl sites for hydroxylation is 1. The summed E-state index contributed by atoms with van der Waals surface area (Å²) in [5.74, 6) is 0. The van der Waals surface area contributed by atoms with Crippen LogP contribution in [0, 0.1) is 0 Å². The first-order valence-electron chi connectivity index (χ1n) is 9.50. The number of para-hydroxylation sites is 1. The number of hydrogen-bond acceptors (Lipinski definition) is 3. The molecule has 2 heterocycles. The Morgan fingerprint density at radius 3 is 2.71 bits per heavy atom. The third-order valence-corrected chi connectivity index (χ3v) is 5.60. The molecule has 2 aromatic carbocycles. The van der Waals surface area contributed by atoms with Gasteiger partial charge in [-0.05, 0) is 18.6 Å². The first kappa shape index (κ1) is 18.4. The highest BCUT2D eigenvalue weighted by atomic mass is 32.1. The molecule has 0 spiro atoms. The maximum Gasteiger partial charge on any atom is 0.281 e. The lowest BCUT2D eigenvalue weighted by molar-refractivity contribution is -0.603. The summed E-state index contributed by atoms with van der Waals surface area (Å²) in [5, 5.41) is 6.03. The van der Waals surface area contributed by atoms with Gasteiger partial charge in [-0.15, -0.1) is 0 Å². The number of nitrogens with one attached hydrogen (secondary N) is 1. The number of hydrogen-bond donors (Lipinski definition) is 2. The fraction of sp³-hybridized carbons (Fsp3) is 0.182. The fourth-order valence-corrected chi connectivity index (χ4v) is 4.11. The Morgan fingerprint density at radius 1 is 1.14 bits per heavy atom. The van der Waals surface area contributed by atoms with Gasteiger partial charge in [0.1, 0.15) is 6.54 Å². The van der Waals surface area contributed by atoms with E-state index in [0.717, 1.165) is 35.3 Å². The molecule has 28 heavy (non-hydrogen) atoms. The second-order valence-corrected chi connectivity index (χ2v) is 7.65.